The fourth-order valence-electron chi connectivity index (χ4n) is 5.52. The zero-order chi connectivity index (χ0) is 31.5. The summed E-state index contributed by atoms with van der Waals surface area (Å²) < 4.78 is 0.771. The molecular weight excluding hydrogens is 672 g/mol. The van der Waals surface area contributed by atoms with Gasteiger partial charge in [0, 0.05) is 48.0 Å². The van der Waals surface area contributed by atoms with E-state index in [1.807, 2.05) is 48.2 Å². The van der Waals surface area contributed by atoms with E-state index in [-0.39, 0.29) is 17.7 Å². The lowest BCUT2D eigenvalue weighted by atomic mass is 10.0. The molecule has 232 valence electrons. The Morgan fingerprint density at radius 1 is 1.00 bits per heavy atom. The molecule has 0 amide bonds. The van der Waals surface area contributed by atoms with Crippen molar-refractivity contribution in [2.75, 3.05) is 36.0 Å². The average Bonchev–Trinajstić information content (AvgIpc) is 3.87. The van der Waals surface area contributed by atoms with Crippen molar-refractivity contribution in [3.63, 3.8) is 0 Å². The van der Waals surface area contributed by atoms with Crippen LogP contribution in [0.2, 0.25) is 0 Å². The third kappa shape index (κ3) is 7.09. The van der Waals surface area contributed by atoms with Gasteiger partial charge in [0.1, 0.15) is 0 Å². The Kier molecular flexibility index (Phi) is 9.55. The van der Waals surface area contributed by atoms with E-state index in [0.29, 0.717) is 46.1 Å². The molecule has 2 fully saturated rings. The third-order valence-electron chi connectivity index (χ3n) is 7.82. The lowest BCUT2D eigenvalue weighted by molar-refractivity contribution is 0.103. The summed E-state index contributed by atoms with van der Waals surface area (Å²) in [7, 11) is 0. The summed E-state index contributed by atoms with van der Waals surface area (Å²) in [5, 5.41) is 17.9. The number of nitrogens with zero attached hydrogens (tertiary/aromatic N) is 6. The molecule has 2 aromatic heterocycles. The van der Waals surface area contributed by atoms with Crippen LogP contribution >= 0.6 is 38.6 Å². The zero-order valence-corrected chi connectivity index (χ0v) is 28.1. The number of hydrazone groups is 1. The van der Waals surface area contributed by atoms with Gasteiger partial charge in [0.25, 0.3) is 0 Å². The summed E-state index contributed by atoms with van der Waals surface area (Å²) in [6.45, 7) is 9.72. The molecule has 0 unspecified atom stereocenters. The number of carbonyl (C=O) groups is 2. The van der Waals surface area contributed by atoms with Gasteiger partial charge in [-0.15, -0.1) is 0 Å². The van der Waals surface area contributed by atoms with Crippen LogP contribution in [-0.2, 0) is 6.54 Å². The fourth-order valence-corrected chi connectivity index (χ4v) is 7.90. The molecule has 12 heteroatoms. The predicted octanol–water partition coefficient (Wildman–Crippen LogP) is 6.47. The molecule has 0 saturated carbocycles. The number of aliphatic hydroxyl groups excluding tert-OH is 1. The maximum absolute atomic E-state index is 13.5. The smallest absolute Gasteiger partial charge is 0.204 e. The molecule has 1 atom stereocenters. The van der Waals surface area contributed by atoms with E-state index in [2.05, 4.69) is 42.5 Å². The van der Waals surface area contributed by atoms with Crippen LogP contribution in [0.4, 0.5) is 10.3 Å². The largest absolute Gasteiger partial charge is 0.391 e. The molecule has 2 aliphatic heterocycles. The van der Waals surface area contributed by atoms with Crippen LogP contribution in [-0.4, -0.2) is 70.1 Å². The first-order valence-electron chi connectivity index (χ1n) is 14.8. The van der Waals surface area contributed by atoms with Gasteiger partial charge in [0.2, 0.25) is 11.6 Å². The van der Waals surface area contributed by atoms with Gasteiger partial charge in [0.15, 0.2) is 10.3 Å². The summed E-state index contributed by atoms with van der Waals surface area (Å²) in [5.74, 6) is -0.187. The van der Waals surface area contributed by atoms with Crippen LogP contribution in [0.15, 0.2) is 71.0 Å². The number of aromatic nitrogens is 2. The lowest BCUT2D eigenvalue weighted by Gasteiger charge is -2.22. The van der Waals surface area contributed by atoms with Crippen molar-refractivity contribution < 1.29 is 14.7 Å². The second kappa shape index (κ2) is 13.7. The average molecular weight is 706 g/mol. The number of rotatable bonds is 11. The maximum Gasteiger partial charge on any atom is 0.204 e. The van der Waals surface area contributed by atoms with E-state index in [0.717, 1.165) is 58.3 Å². The van der Waals surface area contributed by atoms with Crippen molar-refractivity contribution >= 4 is 72.3 Å². The summed E-state index contributed by atoms with van der Waals surface area (Å²) in [5.41, 5.74) is 3.35. The van der Waals surface area contributed by atoms with Crippen molar-refractivity contribution in [2.45, 2.75) is 38.8 Å². The van der Waals surface area contributed by atoms with Crippen molar-refractivity contribution in [1.29, 1.82) is 0 Å². The van der Waals surface area contributed by atoms with Gasteiger partial charge in [-0.3, -0.25) is 14.6 Å². The maximum atomic E-state index is 13.5. The molecule has 9 nitrogen and oxygen atoms in total. The molecule has 6 rings (SSSR count). The summed E-state index contributed by atoms with van der Waals surface area (Å²) in [6.07, 6.45) is 7.61. The number of carbonyl (C=O) groups excluding carboxylic acids is 2. The summed E-state index contributed by atoms with van der Waals surface area (Å²) in [6, 6.07) is 13.0. The van der Waals surface area contributed by atoms with Gasteiger partial charge in [-0.1, -0.05) is 63.4 Å². The number of aliphatic hydroxyl groups is 1. The van der Waals surface area contributed by atoms with E-state index in [1.165, 1.54) is 22.7 Å². The topological polar surface area (TPSA) is 102 Å². The highest BCUT2D eigenvalue weighted by molar-refractivity contribution is 9.10. The van der Waals surface area contributed by atoms with Gasteiger partial charge in [0.05, 0.1) is 40.5 Å². The minimum absolute atomic E-state index is 0.0691. The highest BCUT2D eigenvalue weighted by atomic mass is 79.9. The van der Waals surface area contributed by atoms with Crippen LogP contribution < -0.4 is 9.80 Å². The molecule has 1 N–H and O–H groups in total. The Hall–Kier alpha value is -3.71. The molecule has 45 heavy (non-hydrogen) atoms. The van der Waals surface area contributed by atoms with Crippen LogP contribution in [0.3, 0.4) is 0 Å². The van der Waals surface area contributed by atoms with E-state index in [4.69, 9.17) is 0 Å². The Labute approximate surface area is 278 Å². The molecule has 4 heterocycles. The molecule has 4 aromatic rings. The number of thiazole rings is 2. The molecule has 0 bridgehead atoms. The standard InChI is InChI=1S/C33H33BrN6O3S2/c1-3-37-40(21(2)23-7-6-8-24(15-23)30(42)28-17-35-32(44-28)38-10-4-5-11-38)19-22-13-25(16-26(34)14-22)31(43)29-18-36-33(45-29)39-12-9-27(41)20-39/h3,6-8,13-18,27,41H,2,4-5,9-12,19-20H2,1H3/b37-3-/t27-/m0/s1. The monoisotopic (exact) mass is 704 g/mol. The number of hydrogen-bond acceptors (Lipinski definition) is 11. The van der Waals surface area contributed by atoms with Crippen molar-refractivity contribution in [2.24, 2.45) is 5.10 Å². The second-order valence-corrected chi connectivity index (χ2v) is 14.0. The molecule has 2 aliphatic rings. The third-order valence-corrected chi connectivity index (χ3v) is 10.4. The summed E-state index contributed by atoms with van der Waals surface area (Å²) in [4.78, 5) is 41.2. The highest BCUT2D eigenvalue weighted by Crippen LogP contribution is 2.31. The first kappa shape index (κ1) is 31.3. The number of hydrogen-bond donors (Lipinski definition) is 1. The quantitative estimate of drug-likeness (QED) is 0.108. The first-order valence-corrected chi connectivity index (χ1v) is 17.3. The summed E-state index contributed by atoms with van der Waals surface area (Å²) >= 11 is 6.35. The first-order chi connectivity index (χ1) is 21.8. The Morgan fingerprint density at radius 2 is 1.67 bits per heavy atom. The van der Waals surface area contributed by atoms with Crippen LogP contribution in [0, 0.1) is 0 Å². The van der Waals surface area contributed by atoms with E-state index < -0.39 is 0 Å². The van der Waals surface area contributed by atoms with Gasteiger partial charge < -0.3 is 14.9 Å². The molecule has 0 radical (unpaired) electrons. The number of benzene rings is 2. The molecule has 0 aliphatic carbocycles. The molecule has 0 spiro atoms. The SMILES string of the molecule is C=C(c1cccc(C(=O)c2cnc(N3CCCC3)s2)c1)N(Cc1cc(Br)cc(C(=O)c2cnc(N3CC[C@H](O)C3)s2)c1)/N=C\C. The van der Waals surface area contributed by atoms with E-state index >= 15 is 0 Å². The van der Waals surface area contributed by atoms with Crippen LogP contribution in [0.5, 0.6) is 0 Å². The van der Waals surface area contributed by atoms with Gasteiger partial charge in [-0.25, -0.2) is 9.97 Å². The Balaban J connectivity index is 1.18. The van der Waals surface area contributed by atoms with Gasteiger partial charge in [-0.2, -0.15) is 5.10 Å². The van der Waals surface area contributed by atoms with Crippen molar-refractivity contribution in [3.05, 3.63) is 97.9 Å². The van der Waals surface area contributed by atoms with E-state index in [1.54, 1.807) is 29.7 Å². The predicted molar refractivity (Wildman–Crippen MR) is 185 cm³/mol. The number of halogens is 1. The lowest BCUT2D eigenvalue weighted by Crippen LogP contribution is -2.20. The van der Waals surface area contributed by atoms with Crippen molar-refractivity contribution in [1.82, 2.24) is 15.0 Å². The minimum atomic E-state index is -0.363. The Bertz CT molecular complexity index is 1760. The second-order valence-electron chi connectivity index (χ2n) is 11.1. The highest BCUT2D eigenvalue weighted by Gasteiger charge is 2.25. The molecular formula is C33H33BrN6O3S2. The van der Waals surface area contributed by atoms with Gasteiger partial charge >= 0.3 is 0 Å². The molecule has 2 saturated heterocycles. The zero-order valence-electron chi connectivity index (χ0n) is 24.9. The van der Waals surface area contributed by atoms with Crippen LogP contribution in [0.1, 0.15) is 67.8 Å². The minimum Gasteiger partial charge on any atom is -0.391 e. The number of ketones is 2. The molecule has 2 aromatic carbocycles. The number of anilines is 2. The fraction of sp³-hybridized carbons (Fsp3) is 0.303. The van der Waals surface area contributed by atoms with E-state index in [9.17, 15) is 14.7 Å². The van der Waals surface area contributed by atoms with Gasteiger partial charge in [-0.05, 0) is 61.6 Å². The Morgan fingerprint density at radius 3 is 2.33 bits per heavy atom. The van der Waals surface area contributed by atoms with Crippen molar-refractivity contribution in [3.8, 4) is 0 Å². The van der Waals surface area contributed by atoms with Crippen LogP contribution in [0.25, 0.3) is 5.70 Å². The number of β-amino-alcohol motifs (C(OH)–C–C–N with tert-alkyl or cyclic N) is 1. The normalized spacial score (nSPS) is 16.6.